The van der Waals surface area contributed by atoms with E-state index in [9.17, 15) is 9.59 Å². The highest BCUT2D eigenvalue weighted by molar-refractivity contribution is 6.52. The van der Waals surface area contributed by atoms with Crippen molar-refractivity contribution in [1.82, 2.24) is 4.90 Å². The van der Waals surface area contributed by atoms with Crippen LogP contribution in [0.3, 0.4) is 0 Å². The number of hydrogen-bond acceptors (Lipinski definition) is 5. The Labute approximate surface area is 168 Å². The molecule has 0 radical (unpaired) electrons. The fraction of sp³-hybridized carbons (Fsp3) is 0.333. The summed E-state index contributed by atoms with van der Waals surface area (Å²) in [6.07, 6.45) is 1.93. The fourth-order valence-corrected chi connectivity index (χ4v) is 4.21. The normalized spacial score (nSPS) is 19.2. The molecule has 1 saturated heterocycles. The van der Waals surface area contributed by atoms with Crippen LogP contribution < -0.4 is 14.4 Å². The first-order valence-corrected chi connectivity index (χ1v) is 9.53. The topological polar surface area (TPSA) is 59.1 Å². The second kappa shape index (κ2) is 7.45. The zero-order valence-corrected chi connectivity index (χ0v) is 16.5. The van der Waals surface area contributed by atoms with Gasteiger partial charge < -0.3 is 9.47 Å². The standard InChI is InChI=1S/C21H21ClN2O4/c1-27-14-6-8-19(28-2)15(11-14)17-4-3-9-23(17)12-24-18-7-5-13(22)10-16(18)20(25)21(24)26/h5-8,10-11,17H,3-4,9,12H2,1-2H3/t17-/m0/s1. The molecular weight excluding hydrogens is 380 g/mol. The average molecular weight is 401 g/mol. The molecule has 2 aliphatic rings. The van der Waals surface area contributed by atoms with Gasteiger partial charge in [0, 0.05) is 23.2 Å². The van der Waals surface area contributed by atoms with Crippen molar-refractivity contribution >= 4 is 29.0 Å². The van der Waals surface area contributed by atoms with Gasteiger partial charge in [0.05, 0.1) is 32.1 Å². The van der Waals surface area contributed by atoms with E-state index in [1.807, 2.05) is 18.2 Å². The van der Waals surface area contributed by atoms with Gasteiger partial charge >= 0.3 is 5.91 Å². The van der Waals surface area contributed by atoms with Crippen LogP contribution in [-0.4, -0.2) is 44.0 Å². The van der Waals surface area contributed by atoms with Crippen molar-refractivity contribution in [3.63, 3.8) is 0 Å². The second-order valence-electron chi connectivity index (χ2n) is 6.94. The minimum atomic E-state index is -0.513. The molecule has 1 atom stereocenters. The highest BCUT2D eigenvalue weighted by Crippen LogP contribution is 2.40. The summed E-state index contributed by atoms with van der Waals surface area (Å²) in [7, 11) is 3.28. The Morgan fingerprint density at radius 1 is 1.11 bits per heavy atom. The van der Waals surface area contributed by atoms with E-state index < -0.39 is 11.7 Å². The predicted molar refractivity (Wildman–Crippen MR) is 106 cm³/mol. The number of nitrogens with zero attached hydrogens (tertiary/aromatic N) is 2. The van der Waals surface area contributed by atoms with Gasteiger partial charge in [0.25, 0.3) is 5.78 Å². The summed E-state index contributed by atoms with van der Waals surface area (Å²) < 4.78 is 10.9. The van der Waals surface area contributed by atoms with Crippen molar-refractivity contribution in [3.8, 4) is 11.5 Å². The number of fused-ring (bicyclic) bond motifs is 1. The molecule has 0 N–H and O–H groups in total. The number of halogens is 1. The number of likely N-dealkylation sites (tertiary alicyclic amines) is 1. The fourth-order valence-electron chi connectivity index (χ4n) is 4.04. The predicted octanol–water partition coefficient (Wildman–Crippen LogP) is 3.68. The summed E-state index contributed by atoms with van der Waals surface area (Å²) >= 11 is 6.00. The summed E-state index contributed by atoms with van der Waals surface area (Å²) in [4.78, 5) is 28.7. The molecule has 0 aliphatic carbocycles. The van der Waals surface area contributed by atoms with Crippen molar-refractivity contribution in [2.45, 2.75) is 18.9 Å². The summed E-state index contributed by atoms with van der Waals surface area (Å²) in [5.41, 5.74) is 2.00. The largest absolute Gasteiger partial charge is 0.497 e. The summed E-state index contributed by atoms with van der Waals surface area (Å²) in [5, 5.41) is 0.446. The molecule has 0 unspecified atom stereocenters. The molecule has 1 amide bonds. The maximum Gasteiger partial charge on any atom is 0.300 e. The lowest BCUT2D eigenvalue weighted by Crippen LogP contribution is -2.40. The average Bonchev–Trinajstić information content (AvgIpc) is 3.26. The molecule has 28 heavy (non-hydrogen) atoms. The monoisotopic (exact) mass is 400 g/mol. The first-order valence-electron chi connectivity index (χ1n) is 9.15. The summed E-state index contributed by atoms with van der Waals surface area (Å²) in [6, 6.07) is 10.8. The van der Waals surface area contributed by atoms with Crippen LogP contribution in [0.5, 0.6) is 11.5 Å². The van der Waals surface area contributed by atoms with E-state index in [0.29, 0.717) is 22.9 Å². The lowest BCUT2D eigenvalue weighted by Gasteiger charge is -2.30. The number of carbonyl (C=O) groups is 2. The van der Waals surface area contributed by atoms with E-state index in [1.165, 1.54) is 0 Å². The van der Waals surface area contributed by atoms with Crippen LogP contribution in [0.15, 0.2) is 36.4 Å². The third-order valence-electron chi connectivity index (χ3n) is 5.42. The molecule has 1 fully saturated rings. The van der Waals surface area contributed by atoms with Gasteiger partial charge in [-0.05, 0) is 49.2 Å². The number of hydrogen-bond donors (Lipinski definition) is 0. The molecule has 2 heterocycles. The van der Waals surface area contributed by atoms with Crippen LogP contribution in [0.2, 0.25) is 5.02 Å². The molecule has 0 spiro atoms. The zero-order chi connectivity index (χ0) is 19.8. The first kappa shape index (κ1) is 18.8. The molecule has 6 nitrogen and oxygen atoms in total. The van der Waals surface area contributed by atoms with Crippen LogP contribution in [0.25, 0.3) is 0 Å². The third kappa shape index (κ3) is 3.12. The van der Waals surface area contributed by atoms with Crippen molar-refractivity contribution in [2.75, 3.05) is 32.3 Å². The van der Waals surface area contributed by atoms with Crippen LogP contribution in [0.4, 0.5) is 5.69 Å². The number of methoxy groups -OCH3 is 2. The SMILES string of the molecule is COc1ccc(OC)c([C@@H]2CCCN2CN2C(=O)C(=O)c3cc(Cl)ccc32)c1. The quantitative estimate of drug-likeness (QED) is 0.716. The maximum absolute atomic E-state index is 12.6. The number of ether oxygens (including phenoxy) is 2. The van der Waals surface area contributed by atoms with E-state index in [4.69, 9.17) is 21.1 Å². The number of rotatable bonds is 5. The van der Waals surface area contributed by atoms with Crippen LogP contribution >= 0.6 is 11.6 Å². The van der Waals surface area contributed by atoms with Crippen molar-refractivity contribution in [1.29, 1.82) is 0 Å². The lowest BCUT2D eigenvalue weighted by molar-refractivity contribution is -0.114. The van der Waals surface area contributed by atoms with Crippen LogP contribution in [-0.2, 0) is 4.79 Å². The lowest BCUT2D eigenvalue weighted by atomic mass is 10.0. The Kier molecular flexibility index (Phi) is 5.00. The number of Topliss-reactive ketones (excluding diaryl/α,β-unsaturated/α-hetero) is 1. The van der Waals surface area contributed by atoms with Crippen molar-refractivity contribution in [2.24, 2.45) is 0 Å². The zero-order valence-electron chi connectivity index (χ0n) is 15.8. The molecule has 2 aliphatic heterocycles. The molecular formula is C21H21ClN2O4. The van der Waals surface area contributed by atoms with E-state index >= 15 is 0 Å². The number of anilines is 1. The third-order valence-corrected chi connectivity index (χ3v) is 5.65. The highest BCUT2D eigenvalue weighted by Gasteiger charge is 2.39. The van der Waals surface area contributed by atoms with Crippen molar-refractivity contribution < 1.29 is 19.1 Å². The second-order valence-corrected chi connectivity index (χ2v) is 7.38. The molecule has 146 valence electrons. The van der Waals surface area contributed by atoms with Gasteiger partial charge in [-0.15, -0.1) is 0 Å². The minimum Gasteiger partial charge on any atom is -0.497 e. The van der Waals surface area contributed by atoms with Gasteiger partial charge in [0.1, 0.15) is 11.5 Å². The Morgan fingerprint density at radius 3 is 2.68 bits per heavy atom. The molecule has 0 bridgehead atoms. The van der Waals surface area contributed by atoms with Gasteiger partial charge in [0.15, 0.2) is 0 Å². The number of ketones is 1. The minimum absolute atomic E-state index is 0.0734. The molecule has 0 saturated carbocycles. The number of carbonyl (C=O) groups excluding carboxylic acids is 2. The highest BCUT2D eigenvalue weighted by atomic mass is 35.5. The van der Waals surface area contributed by atoms with Gasteiger partial charge in [-0.3, -0.25) is 19.4 Å². The summed E-state index contributed by atoms with van der Waals surface area (Å²) in [5.74, 6) is 0.525. The first-order chi connectivity index (χ1) is 13.5. The molecule has 4 rings (SSSR count). The van der Waals surface area contributed by atoms with Gasteiger partial charge in [0.2, 0.25) is 0 Å². The Morgan fingerprint density at radius 2 is 1.93 bits per heavy atom. The number of benzene rings is 2. The molecule has 0 aromatic heterocycles. The summed E-state index contributed by atoms with van der Waals surface area (Å²) in [6.45, 7) is 1.16. The van der Waals surface area contributed by atoms with E-state index in [-0.39, 0.29) is 6.04 Å². The Hall–Kier alpha value is -2.57. The van der Waals surface area contributed by atoms with E-state index in [2.05, 4.69) is 4.90 Å². The van der Waals surface area contributed by atoms with E-state index in [1.54, 1.807) is 37.3 Å². The van der Waals surface area contributed by atoms with Crippen LogP contribution in [0.1, 0.15) is 34.8 Å². The molecule has 7 heteroatoms. The molecule has 2 aromatic rings. The molecule has 2 aromatic carbocycles. The number of amides is 1. The van der Waals surface area contributed by atoms with Gasteiger partial charge in [-0.25, -0.2) is 0 Å². The van der Waals surface area contributed by atoms with Crippen molar-refractivity contribution in [3.05, 3.63) is 52.5 Å². The Balaban J connectivity index is 1.64. The van der Waals surface area contributed by atoms with Gasteiger partial charge in [-0.2, -0.15) is 0 Å². The van der Waals surface area contributed by atoms with Gasteiger partial charge in [-0.1, -0.05) is 11.6 Å². The smallest absolute Gasteiger partial charge is 0.300 e. The maximum atomic E-state index is 12.6. The van der Waals surface area contributed by atoms with E-state index in [0.717, 1.165) is 36.4 Å². The van der Waals surface area contributed by atoms with Crippen LogP contribution in [0, 0.1) is 0 Å². The Bertz CT molecular complexity index is 946.